The van der Waals surface area contributed by atoms with Crippen LogP contribution >= 0.6 is 11.8 Å². The van der Waals surface area contributed by atoms with Crippen molar-refractivity contribution in [3.8, 4) is 0 Å². The van der Waals surface area contributed by atoms with Crippen LogP contribution in [0.25, 0.3) is 0 Å². The van der Waals surface area contributed by atoms with Crippen LogP contribution in [0.4, 0.5) is 0 Å². The lowest BCUT2D eigenvalue weighted by Crippen LogP contribution is -2.76. The van der Waals surface area contributed by atoms with Gasteiger partial charge in [0.25, 0.3) is 0 Å². The standard InChI is InChI=1S/C21H31N5O5S/c1-12-8-16(19(29)30)26-17(12)21(13(2)27,20(26)31)32-14-9-15(23-10-14)18(28)25-5-3-4-24(11-22)6-7-25/h8,11-15,17,22-23,27H,3-7,9-10H2,1-2H3,(H,29,30)/t12?,13?,14?,15?,17-,21?/m0/s1. The predicted molar refractivity (Wildman–Crippen MR) is 119 cm³/mol. The number of hydrogen-bond acceptors (Lipinski definition) is 7. The number of carbonyl (C=O) groups excluding carboxylic acids is 2. The van der Waals surface area contributed by atoms with Gasteiger partial charge in [-0.05, 0) is 31.8 Å². The van der Waals surface area contributed by atoms with Crippen molar-refractivity contribution in [2.75, 3.05) is 32.7 Å². The summed E-state index contributed by atoms with van der Waals surface area (Å²) in [5, 5.41) is 30.7. The van der Waals surface area contributed by atoms with Gasteiger partial charge in [0.05, 0.1) is 24.5 Å². The number of nitrogens with zero attached hydrogens (tertiary/aromatic N) is 3. The molecule has 32 heavy (non-hydrogen) atoms. The Morgan fingerprint density at radius 1 is 1.34 bits per heavy atom. The molecule has 0 aromatic carbocycles. The van der Waals surface area contributed by atoms with Crippen LogP contribution in [0.1, 0.15) is 26.7 Å². The van der Waals surface area contributed by atoms with Crippen molar-refractivity contribution in [3.05, 3.63) is 11.8 Å². The zero-order chi connectivity index (χ0) is 23.2. The number of hydrogen-bond donors (Lipinski definition) is 4. The number of aliphatic carboxylic acids is 1. The molecule has 176 valence electrons. The molecule has 5 unspecified atom stereocenters. The molecule has 0 saturated carbocycles. The van der Waals surface area contributed by atoms with Gasteiger partial charge in [0.1, 0.15) is 10.4 Å². The fraction of sp³-hybridized carbons (Fsp3) is 0.714. The lowest BCUT2D eigenvalue weighted by Gasteiger charge is -2.56. The molecule has 10 nitrogen and oxygen atoms in total. The van der Waals surface area contributed by atoms with Gasteiger partial charge in [-0.15, -0.1) is 11.8 Å². The molecule has 0 aliphatic carbocycles. The predicted octanol–water partition coefficient (Wildman–Crippen LogP) is -0.460. The van der Waals surface area contributed by atoms with Crippen LogP contribution in [-0.2, 0) is 14.4 Å². The minimum atomic E-state index is -1.14. The minimum Gasteiger partial charge on any atom is -0.477 e. The summed E-state index contributed by atoms with van der Waals surface area (Å²) in [6, 6.07) is -0.747. The second-order valence-electron chi connectivity index (χ2n) is 9.09. The molecular formula is C21H31N5O5S. The molecule has 0 aromatic heterocycles. The van der Waals surface area contributed by atoms with E-state index < -0.39 is 22.9 Å². The first-order valence-electron chi connectivity index (χ1n) is 11.1. The Balaban J connectivity index is 1.42. The molecule has 0 aromatic rings. The number of carboxylic acids is 1. The number of thioether (sulfide) groups is 1. The van der Waals surface area contributed by atoms with E-state index in [-0.39, 0.29) is 34.7 Å². The first-order valence-corrected chi connectivity index (χ1v) is 12.0. The van der Waals surface area contributed by atoms with Gasteiger partial charge in [-0.1, -0.05) is 6.92 Å². The molecule has 0 spiro atoms. The van der Waals surface area contributed by atoms with Gasteiger partial charge >= 0.3 is 5.97 Å². The highest BCUT2D eigenvalue weighted by Crippen LogP contribution is 2.55. The lowest BCUT2D eigenvalue weighted by atomic mass is 9.78. The van der Waals surface area contributed by atoms with E-state index in [0.717, 1.165) is 13.0 Å². The molecule has 4 heterocycles. The van der Waals surface area contributed by atoms with Crippen LogP contribution in [0.5, 0.6) is 0 Å². The van der Waals surface area contributed by atoms with Crippen LogP contribution in [0, 0.1) is 11.3 Å². The van der Waals surface area contributed by atoms with Crippen molar-refractivity contribution < 1.29 is 24.6 Å². The maximum absolute atomic E-state index is 13.1. The van der Waals surface area contributed by atoms with Crippen LogP contribution in [0.3, 0.4) is 0 Å². The average molecular weight is 466 g/mol. The van der Waals surface area contributed by atoms with Gasteiger partial charge in [0, 0.05) is 38.0 Å². The van der Waals surface area contributed by atoms with Crippen molar-refractivity contribution in [2.24, 2.45) is 5.92 Å². The van der Waals surface area contributed by atoms with Gasteiger partial charge in [-0.2, -0.15) is 0 Å². The fourth-order valence-corrected chi connectivity index (χ4v) is 7.33. The van der Waals surface area contributed by atoms with Crippen molar-refractivity contribution >= 4 is 35.9 Å². The highest BCUT2D eigenvalue weighted by atomic mass is 32.2. The number of fused-ring (bicyclic) bond motifs is 1. The summed E-state index contributed by atoms with van der Waals surface area (Å²) in [5.41, 5.74) is -0.0119. The number of aliphatic hydroxyl groups is 1. The molecule has 4 N–H and O–H groups in total. The first-order chi connectivity index (χ1) is 15.2. The third-order valence-corrected chi connectivity index (χ3v) is 8.90. The SMILES string of the molecule is CC1C=C(C(=O)O)N2C(=O)C(SC3CNC(C(=O)N4CCCN(C=N)CC4)C3)(C(C)O)[C@H]12. The van der Waals surface area contributed by atoms with E-state index in [4.69, 9.17) is 5.41 Å². The summed E-state index contributed by atoms with van der Waals surface area (Å²) >= 11 is 1.39. The van der Waals surface area contributed by atoms with E-state index in [1.54, 1.807) is 13.0 Å². The summed E-state index contributed by atoms with van der Waals surface area (Å²) in [6.45, 7) is 6.66. The summed E-state index contributed by atoms with van der Waals surface area (Å²) in [5.74, 6) is -1.64. The van der Waals surface area contributed by atoms with E-state index in [2.05, 4.69) is 5.32 Å². The minimum absolute atomic E-state index is 0.0119. The van der Waals surface area contributed by atoms with Gasteiger partial charge in [-0.25, -0.2) is 4.79 Å². The topological polar surface area (TPSA) is 137 Å². The summed E-state index contributed by atoms with van der Waals surface area (Å²) < 4.78 is -1.11. The van der Waals surface area contributed by atoms with Crippen molar-refractivity contribution in [1.29, 1.82) is 5.41 Å². The third-order valence-electron chi connectivity index (χ3n) is 7.06. The Hall–Kier alpha value is -2.11. The third kappa shape index (κ3) is 3.60. The number of aliphatic hydroxyl groups excluding tert-OH is 1. The largest absolute Gasteiger partial charge is 0.477 e. The van der Waals surface area contributed by atoms with Crippen LogP contribution in [-0.4, -0.2) is 110 Å². The number of nitrogens with one attached hydrogen (secondary N) is 2. The number of carbonyl (C=O) groups is 3. The Kier molecular flexibility index (Phi) is 6.25. The van der Waals surface area contributed by atoms with Crippen LogP contribution < -0.4 is 5.32 Å². The normalized spacial score (nSPS) is 35.7. The fourth-order valence-electron chi connectivity index (χ4n) is 5.46. The van der Waals surface area contributed by atoms with Crippen molar-refractivity contribution in [1.82, 2.24) is 20.0 Å². The molecule has 4 rings (SSSR count). The van der Waals surface area contributed by atoms with Crippen LogP contribution in [0.2, 0.25) is 0 Å². The molecule has 0 bridgehead atoms. The van der Waals surface area contributed by atoms with E-state index in [1.807, 2.05) is 16.7 Å². The molecule has 0 radical (unpaired) electrons. The lowest BCUT2D eigenvalue weighted by molar-refractivity contribution is -0.158. The Bertz CT molecular complexity index is 850. The van der Waals surface area contributed by atoms with Gasteiger partial charge in [-0.3, -0.25) is 19.9 Å². The molecule has 2 amide bonds. The molecular weight excluding hydrogens is 434 g/mol. The van der Waals surface area contributed by atoms with Crippen molar-refractivity contribution in [3.63, 3.8) is 0 Å². The van der Waals surface area contributed by atoms with E-state index >= 15 is 0 Å². The van der Waals surface area contributed by atoms with E-state index in [0.29, 0.717) is 32.6 Å². The summed E-state index contributed by atoms with van der Waals surface area (Å²) in [7, 11) is 0. The average Bonchev–Trinajstić information content (AvgIpc) is 3.25. The molecule has 4 aliphatic heterocycles. The molecule has 11 heteroatoms. The number of amides is 2. The van der Waals surface area contributed by atoms with Gasteiger partial charge < -0.3 is 25.3 Å². The van der Waals surface area contributed by atoms with Crippen LogP contribution in [0.15, 0.2) is 11.8 Å². The number of rotatable bonds is 6. The first kappa shape index (κ1) is 23.1. The Morgan fingerprint density at radius 3 is 2.75 bits per heavy atom. The second kappa shape index (κ2) is 8.68. The number of β-lactam (4-membered cyclic amide) rings is 1. The Morgan fingerprint density at radius 2 is 2.09 bits per heavy atom. The maximum atomic E-state index is 13.1. The zero-order valence-electron chi connectivity index (χ0n) is 18.4. The zero-order valence-corrected chi connectivity index (χ0v) is 19.2. The van der Waals surface area contributed by atoms with E-state index in [9.17, 15) is 24.6 Å². The Labute approximate surface area is 191 Å². The summed E-state index contributed by atoms with van der Waals surface area (Å²) in [4.78, 5) is 42.8. The number of carboxylic acid groups (broad SMARTS) is 1. The maximum Gasteiger partial charge on any atom is 0.352 e. The second-order valence-corrected chi connectivity index (χ2v) is 10.7. The highest BCUT2D eigenvalue weighted by molar-refractivity contribution is 8.02. The molecule has 4 aliphatic rings. The highest BCUT2D eigenvalue weighted by Gasteiger charge is 2.69. The van der Waals surface area contributed by atoms with E-state index in [1.165, 1.54) is 23.0 Å². The summed E-state index contributed by atoms with van der Waals surface area (Å²) in [6.07, 6.45) is 3.33. The smallest absolute Gasteiger partial charge is 0.352 e. The molecule has 6 atom stereocenters. The van der Waals surface area contributed by atoms with Gasteiger partial charge in [0.15, 0.2) is 0 Å². The van der Waals surface area contributed by atoms with Gasteiger partial charge in [0.2, 0.25) is 11.8 Å². The monoisotopic (exact) mass is 465 g/mol. The molecule has 3 saturated heterocycles. The quantitative estimate of drug-likeness (QED) is 0.235. The van der Waals surface area contributed by atoms with Crippen molar-refractivity contribution in [2.45, 2.75) is 54.9 Å². The molecule has 3 fully saturated rings.